The van der Waals surface area contributed by atoms with Crippen molar-refractivity contribution in [2.45, 2.75) is 25.3 Å². The lowest BCUT2D eigenvalue weighted by Crippen LogP contribution is -2.41. The van der Waals surface area contributed by atoms with E-state index in [4.69, 9.17) is 5.11 Å². The molecule has 2 rings (SSSR count). The van der Waals surface area contributed by atoms with Gasteiger partial charge in [-0.05, 0) is 6.42 Å². The lowest BCUT2D eigenvalue weighted by atomic mass is 10.1. The molecule has 0 spiro atoms. The molecule has 1 saturated heterocycles. The molecule has 0 aromatic heterocycles. The summed E-state index contributed by atoms with van der Waals surface area (Å²) in [4.78, 5) is 22.4. The van der Waals surface area contributed by atoms with Gasteiger partial charge >= 0.3 is 5.97 Å². The van der Waals surface area contributed by atoms with Crippen LogP contribution in [0, 0.1) is 0 Å². The monoisotopic (exact) mass is 260 g/mol. The van der Waals surface area contributed by atoms with Gasteiger partial charge in [0.05, 0.1) is 17.5 Å². The Kier molecular flexibility index (Phi) is 2.90. The Bertz CT molecular complexity index is 496. The first-order chi connectivity index (χ1) is 7.89. The Hall–Kier alpha value is -1.44. The van der Waals surface area contributed by atoms with Crippen LogP contribution < -0.4 is 0 Å². The molecule has 0 aromatic carbocycles. The molecule has 1 amide bonds. The Morgan fingerprint density at radius 2 is 2.12 bits per heavy atom. The summed E-state index contributed by atoms with van der Waals surface area (Å²) < 4.78 is 22.6. The zero-order chi connectivity index (χ0) is 12.6. The summed E-state index contributed by atoms with van der Waals surface area (Å²) in [7, 11) is -3.12. The lowest BCUT2D eigenvalue weighted by Gasteiger charge is -2.26. The van der Waals surface area contributed by atoms with Crippen LogP contribution in [0.1, 0.15) is 19.3 Å². The molecule has 2 heterocycles. The van der Waals surface area contributed by atoms with Gasteiger partial charge in [0.25, 0.3) is 0 Å². The first kappa shape index (κ1) is 12.0. The van der Waals surface area contributed by atoms with E-state index in [1.807, 2.05) is 0 Å². The van der Waals surface area contributed by atoms with E-state index in [-0.39, 0.29) is 36.0 Å². The zero-order valence-corrected chi connectivity index (χ0v) is 9.81. The van der Waals surface area contributed by atoms with Crippen molar-refractivity contribution in [1.29, 1.82) is 0 Å². The summed E-state index contributed by atoms with van der Waals surface area (Å²) in [5, 5.41) is 13.6. The van der Waals surface area contributed by atoms with Gasteiger partial charge in [-0.1, -0.05) is 0 Å². The van der Waals surface area contributed by atoms with Crippen molar-refractivity contribution in [2.24, 2.45) is 5.10 Å². The van der Waals surface area contributed by atoms with Gasteiger partial charge < -0.3 is 5.11 Å². The Balaban J connectivity index is 2.22. The second-order valence-corrected chi connectivity index (χ2v) is 6.38. The number of carboxylic acids is 1. The molecule has 8 heteroatoms. The maximum atomic E-state index is 11.6. The molecule has 0 unspecified atom stereocenters. The number of carbonyl (C=O) groups is 2. The number of hydrogen-bond donors (Lipinski definition) is 1. The maximum absolute atomic E-state index is 11.6. The third-order valence-electron chi connectivity index (χ3n) is 2.86. The van der Waals surface area contributed by atoms with Crippen molar-refractivity contribution in [2.75, 3.05) is 11.5 Å². The van der Waals surface area contributed by atoms with Crippen LogP contribution in [0.25, 0.3) is 0 Å². The van der Waals surface area contributed by atoms with Crippen LogP contribution in [0.15, 0.2) is 5.10 Å². The van der Waals surface area contributed by atoms with Crippen LogP contribution in [0.2, 0.25) is 0 Å². The smallest absolute Gasteiger partial charge is 0.352 e. The normalized spacial score (nSPS) is 28.0. The summed E-state index contributed by atoms with van der Waals surface area (Å²) in [5.41, 5.74) is -0.0890. The van der Waals surface area contributed by atoms with E-state index < -0.39 is 21.8 Å². The number of hydrogen-bond acceptors (Lipinski definition) is 5. The number of sulfone groups is 1. The van der Waals surface area contributed by atoms with Gasteiger partial charge in [-0.25, -0.2) is 18.2 Å². The molecule has 1 atom stereocenters. The van der Waals surface area contributed by atoms with Crippen molar-refractivity contribution in [1.82, 2.24) is 5.01 Å². The molecule has 1 N–H and O–H groups in total. The highest BCUT2D eigenvalue weighted by Crippen LogP contribution is 2.22. The first-order valence-electron chi connectivity index (χ1n) is 5.22. The fraction of sp³-hybridized carbons (Fsp3) is 0.667. The number of carboxylic acid groups (broad SMARTS) is 1. The highest BCUT2D eigenvalue weighted by Gasteiger charge is 2.37. The molecule has 0 aromatic rings. The number of amides is 1. The summed E-state index contributed by atoms with van der Waals surface area (Å²) >= 11 is 0. The summed E-state index contributed by atoms with van der Waals surface area (Å²) in [6.07, 6.45) is 0.496. The quantitative estimate of drug-likeness (QED) is 0.702. The van der Waals surface area contributed by atoms with Crippen LogP contribution >= 0.6 is 0 Å². The largest absolute Gasteiger partial charge is 0.477 e. The lowest BCUT2D eigenvalue weighted by molar-refractivity contribution is -0.134. The van der Waals surface area contributed by atoms with Gasteiger partial charge in [0.1, 0.15) is 5.71 Å². The molecule has 0 bridgehead atoms. The number of nitrogens with zero attached hydrogens (tertiary/aromatic N) is 2. The molecule has 7 nitrogen and oxygen atoms in total. The van der Waals surface area contributed by atoms with E-state index in [0.29, 0.717) is 6.42 Å². The highest BCUT2D eigenvalue weighted by molar-refractivity contribution is 7.91. The zero-order valence-electron chi connectivity index (χ0n) is 9.00. The third kappa shape index (κ3) is 2.46. The number of aliphatic carboxylic acids is 1. The molecule has 17 heavy (non-hydrogen) atoms. The maximum Gasteiger partial charge on any atom is 0.352 e. The van der Waals surface area contributed by atoms with Crippen LogP contribution in [-0.2, 0) is 19.4 Å². The molecule has 1 fully saturated rings. The fourth-order valence-corrected chi connectivity index (χ4v) is 3.67. The van der Waals surface area contributed by atoms with Gasteiger partial charge in [0, 0.05) is 12.8 Å². The second-order valence-electron chi connectivity index (χ2n) is 4.15. The van der Waals surface area contributed by atoms with Gasteiger partial charge in [-0.15, -0.1) is 0 Å². The van der Waals surface area contributed by atoms with E-state index in [0.717, 1.165) is 5.01 Å². The van der Waals surface area contributed by atoms with Gasteiger partial charge in [-0.2, -0.15) is 5.10 Å². The van der Waals surface area contributed by atoms with Crippen molar-refractivity contribution < 1.29 is 23.1 Å². The average Bonchev–Trinajstić information content (AvgIpc) is 2.59. The van der Waals surface area contributed by atoms with Gasteiger partial charge in [0.2, 0.25) is 5.91 Å². The van der Waals surface area contributed by atoms with E-state index >= 15 is 0 Å². The van der Waals surface area contributed by atoms with Crippen LogP contribution in [0.4, 0.5) is 0 Å². The van der Waals surface area contributed by atoms with E-state index in [1.165, 1.54) is 0 Å². The highest BCUT2D eigenvalue weighted by atomic mass is 32.2. The molecule has 94 valence electrons. The van der Waals surface area contributed by atoms with Gasteiger partial charge in [-0.3, -0.25) is 4.79 Å². The number of carbonyl (C=O) groups excluding carboxylic acids is 1. The molecule has 2 aliphatic heterocycles. The minimum absolute atomic E-state index is 0.0272. The molecular weight excluding hydrogens is 248 g/mol. The molecule has 0 aliphatic carbocycles. The van der Waals surface area contributed by atoms with Crippen LogP contribution in [-0.4, -0.2) is 53.7 Å². The van der Waals surface area contributed by atoms with E-state index in [2.05, 4.69) is 5.10 Å². The Labute approximate surface area is 98.0 Å². The minimum Gasteiger partial charge on any atom is -0.477 e. The van der Waals surface area contributed by atoms with Crippen LogP contribution in [0.3, 0.4) is 0 Å². The first-order valence-corrected chi connectivity index (χ1v) is 7.04. The SMILES string of the molecule is O=C(O)C1=NN([C@H]2CCS(=O)(=O)C2)C(=O)CC1. The molecule has 0 radical (unpaired) electrons. The van der Waals surface area contributed by atoms with Crippen molar-refractivity contribution in [3.63, 3.8) is 0 Å². The minimum atomic E-state index is -3.12. The second kappa shape index (κ2) is 4.10. The summed E-state index contributed by atoms with van der Waals surface area (Å²) in [6.45, 7) is 0. The predicted octanol–water partition coefficient (Wildman–Crippen LogP) is -0.763. The molecular formula is C9H12N2O5S. The predicted molar refractivity (Wildman–Crippen MR) is 58.2 cm³/mol. The van der Waals surface area contributed by atoms with Gasteiger partial charge in [0.15, 0.2) is 9.84 Å². The molecule has 0 saturated carbocycles. The van der Waals surface area contributed by atoms with Crippen molar-refractivity contribution in [3.05, 3.63) is 0 Å². The van der Waals surface area contributed by atoms with Crippen LogP contribution in [0.5, 0.6) is 0 Å². The van der Waals surface area contributed by atoms with Crippen molar-refractivity contribution >= 4 is 27.4 Å². The average molecular weight is 260 g/mol. The van der Waals surface area contributed by atoms with E-state index in [9.17, 15) is 18.0 Å². The Morgan fingerprint density at radius 1 is 1.41 bits per heavy atom. The molecule has 2 aliphatic rings. The van der Waals surface area contributed by atoms with E-state index in [1.54, 1.807) is 0 Å². The topological polar surface area (TPSA) is 104 Å². The number of rotatable bonds is 2. The van der Waals surface area contributed by atoms with Crippen molar-refractivity contribution in [3.8, 4) is 0 Å². The fourth-order valence-electron chi connectivity index (χ4n) is 1.98. The third-order valence-corrected chi connectivity index (χ3v) is 4.61. The number of hydrazone groups is 1. The summed E-state index contributed by atoms with van der Waals surface area (Å²) in [5.74, 6) is -1.57. The summed E-state index contributed by atoms with van der Waals surface area (Å²) in [6, 6.07) is -0.512. The standard InChI is InChI=1S/C9H12N2O5S/c12-8-2-1-7(9(13)14)10-11(8)6-3-4-17(15,16)5-6/h6H,1-5H2,(H,13,14)/t6-/m0/s1. The Morgan fingerprint density at radius 3 is 2.65 bits per heavy atom.